The standard InChI is InChI=1S/C12H15BrN6/c1-8(16-12-14-6-9(13)7-15-12)11-18-17-10-4-2-3-5-19(10)11/h6-8H,2-5H2,1H3,(H,14,15,16). The van der Waals surface area contributed by atoms with Gasteiger partial charge in [-0.15, -0.1) is 10.2 Å². The number of hydrogen-bond acceptors (Lipinski definition) is 5. The van der Waals surface area contributed by atoms with E-state index >= 15 is 0 Å². The number of fused-ring (bicyclic) bond motifs is 1. The minimum absolute atomic E-state index is 0.0422. The predicted molar refractivity (Wildman–Crippen MR) is 74.7 cm³/mol. The molecule has 0 bridgehead atoms. The summed E-state index contributed by atoms with van der Waals surface area (Å²) in [5.41, 5.74) is 0. The second-order valence-electron chi connectivity index (χ2n) is 4.67. The van der Waals surface area contributed by atoms with E-state index in [4.69, 9.17) is 0 Å². The first kappa shape index (κ1) is 12.5. The Labute approximate surface area is 119 Å². The molecule has 19 heavy (non-hydrogen) atoms. The molecule has 0 amide bonds. The summed E-state index contributed by atoms with van der Waals surface area (Å²) in [5, 5.41) is 11.8. The average molecular weight is 323 g/mol. The quantitative estimate of drug-likeness (QED) is 0.939. The molecule has 0 aromatic carbocycles. The Balaban J connectivity index is 1.78. The van der Waals surface area contributed by atoms with E-state index in [9.17, 15) is 0 Å². The number of aromatic nitrogens is 5. The minimum Gasteiger partial charge on any atom is -0.344 e. The monoisotopic (exact) mass is 322 g/mol. The number of halogens is 1. The third-order valence-electron chi connectivity index (χ3n) is 3.24. The van der Waals surface area contributed by atoms with Crippen LogP contribution in [-0.2, 0) is 13.0 Å². The molecule has 1 aliphatic rings. The van der Waals surface area contributed by atoms with Gasteiger partial charge in [0, 0.05) is 25.4 Å². The van der Waals surface area contributed by atoms with Crippen molar-refractivity contribution in [3.63, 3.8) is 0 Å². The number of aryl methyl sites for hydroxylation is 1. The molecule has 1 unspecified atom stereocenters. The third kappa shape index (κ3) is 2.60. The van der Waals surface area contributed by atoms with Crippen molar-refractivity contribution in [1.29, 1.82) is 0 Å². The second kappa shape index (κ2) is 5.24. The van der Waals surface area contributed by atoms with Crippen molar-refractivity contribution < 1.29 is 0 Å². The molecule has 0 radical (unpaired) electrons. The predicted octanol–water partition coefficient (Wildman–Crippen LogP) is 2.34. The van der Waals surface area contributed by atoms with E-state index in [-0.39, 0.29) is 6.04 Å². The summed E-state index contributed by atoms with van der Waals surface area (Å²) in [7, 11) is 0. The molecule has 1 N–H and O–H groups in total. The van der Waals surface area contributed by atoms with Gasteiger partial charge in [-0.05, 0) is 35.7 Å². The summed E-state index contributed by atoms with van der Waals surface area (Å²) in [6.07, 6.45) is 6.87. The summed E-state index contributed by atoms with van der Waals surface area (Å²) >= 11 is 3.32. The molecule has 100 valence electrons. The lowest BCUT2D eigenvalue weighted by molar-refractivity contribution is 0.500. The molecule has 1 aliphatic heterocycles. The Morgan fingerprint density at radius 2 is 2.05 bits per heavy atom. The molecule has 0 saturated carbocycles. The van der Waals surface area contributed by atoms with E-state index in [2.05, 4.69) is 52.9 Å². The van der Waals surface area contributed by atoms with Crippen molar-refractivity contribution in [2.24, 2.45) is 0 Å². The van der Waals surface area contributed by atoms with Gasteiger partial charge in [-0.1, -0.05) is 0 Å². The smallest absolute Gasteiger partial charge is 0.223 e. The van der Waals surface area contributed by atoms with Gasteiger partial charge in [0.05, 0.1) is 10.5 Å². The summed E-state index contributed by atoms with van der Waals surface area (Å²) in [5.74, 6) is 2.65. The lowest BCUT2D eigenvalue weighted by Gasteiger charge is -2.18. The van der Waals surface area contributed by atoms with E-state index < -0.39 is 0 Å². The van der Waals surface area contributed by atoms with Gasteiger partial charge in [-0.25, -0.2) is 9.97 Å². The summed E-state index contributed by atoms with van der Waals surface area (Å²) in [4.78, 5) is 8.43. The van der Waals surface area contributed by atoms with Crippen molar-refractivity contribution in [3.8, 4) is 0 Å². The van der Waals surface area contributed by atoms with Crippen LogP contribution in [0.1, 0.15) is 37.5 Å². The second-order valence-corrected chi connectivity index (χ2v) is 5.59. The largest absolute Gasteiger partial charge is 0.344 e. The van der Waals surface area contributed by atoms with Crippen LogP contribution in [0.5, 0.6) is 0 Å². The molecule has 0 fully saturated rings. The SMILES string of the molecule is CC(Nc1ncc(Br)cn1)c1nnc2n1CCCC2. The molecule has 0 saturated heterocycles. The van der Waals surface area contributed by atoms with Crippen LogP contribution in [0.3, 0.4) is 0 Å². The van der Waals surface area contributed by atoms with Crippen LogP contribution in [0.25, 0.3) is 0 Å². The zero-order chi connectivity index (χ0) is 13.2. The molecular formula is C12H15BrN6. The fourth-order valence-electron chi connectivity index (χ4n) is 2.30. The fourth-order valence-corrected chi connectivity index (χ4v) is 2.50. The summed E-state index contributed by atoms with van der Waals surface area (Å²) in [6.45, 7) is 3.06. The third-order valence-corrected chi connectivity index (χ3v) is 3.65. The van der Waals surface area contributed by atoms with Crippen LogP contribution in [-0.4, -0.2) is 24.7 Å². The molecule has 3 rings (SSSR count). The molecule has 0 spiro atoms. The lowest BCUT2D eigenvalue weighted by Crippen LogP contribution is -2.18. The van der Waals surface area contributed by atoms with E-state index in [1.165, 1.54) is 12.8 Å². The zero-order valence-electron chi connectivity index (χ0n) is 10.7. The highest BCUT2D eigenvalue weighted by Crippen LogP contribution is 2.21. The van der Waals surface area contributed by atoms with E-state index in [1.807, 2.05) is 0 Å². The van der Waals surface area contributed by atoms with E-state index in [0.717, 1.165) is 29.1 Å². The Morgan fingerprint density at radius 3 is 2.84 bits per heavy atom. The fraction of sp³-hybridized carbons (Fsp3) is 0.500. The number of rotatable bonds is 3. The average Bonchev–Trinajstić information content (AvgIpc) is 2.85. The number of nitrogens with one attached hydrogen (secondary N) is 1. The van der Waals surface area contributed by atoms with Crippen LogP contribution in [0.15, 0.2) is 16.9 Å². The van der Waals surface area contributed by atoms with Gasteiger partial charge in [0.25, 0.3) is 0 Å². The Bertz CT molecular complexity index is 564. The van der Waals surface area contributed by atoms with Crippen molar-refractivity contribution in [1.82, 2.24) is 24.7 Å². The summed E-state index contributed by atoms with van der Waals surface area (Å²) in [6, 6.07) is 0.0422. The van der Waals surface area contributed by atoms with Gasteiger partial charge in [0.2, 0.25) is 5.95 Å². The van der Waals surface area contributed by atoms with Crippen LogP contribution < -0.4 is 5.32 Å². The van der Waals surface area contributed by atoms with Gasteiger partial charge in [0.1, 0.15) is 5.82 Å². The van der Waals surface area contributed by atoms with Crippen molar-refractivity contribution in [3.05, 3.63) is 28.5 Å². The highest BCUT2D eigenvalue weighted by molar-refractivity contribution is 9.10. The van der Waals surface area contributed by atoms with Gasteiger partial charge >= 0.3 is 0 Å². The van der Waals surface area contributed by atoms with Crippen LogP contribution in [0, 0.1) is 0 Å². The lowest BCUT2D eigenvalue weighted by atomic mass is 10.1. The van der Waals surface area contributed by atoms with Crippen molar-refractivity contribution in [2.75, 3.05) is 5.32 Å². The maximum atomic E-state index is 4.30. The van der Waals surface area contributed by atoms with Gasteiger partial charge in [-0.3, -0.25) is 0 Å². The van der Waals surface area contributed by atoms with Crippen LogP contribution in [0.2, 0.25) is 0 Å². The summed E-state index contributed by atoms with van der Waals surface area (Å²) < 4.78 is 3.07. The number of nitrogens with zero attached hydrogens (tertiary/aromatic N) is 5. The Hall–Kier alpha value is -1.50. The maximum absolute atomic E-state index is 4.30. The first-order valence-corrected chi connectivity index (χ1v) is 7.19. The molecule has 7 heteroatoms. The van der Waals surface area contributed by atoms with E-state index in [0.29, 0.717) is 5.95 Å². The Kier molecular flexibility index (Phi) is 3.46. The van der Waals surface area contributed by atoms with Gasteiger partial charge in [0.15, 0.2) is 5.82 Å². The topological polar surface area (TPSA) is 68.5 Å². The molecule has 2 aromatic heterocycles. The van der Waals surface area contributed by atoms with Gasteiger partial charge < -0.3 is 9.88 Å². The molecule has 0 aliphatic carbocycles. The minimum atomic E-state index is 0.0422. The highest BCUT2D eigenvalue weighted by Gasteiger charge is 2.20. The highest BCUT2D eigenvalue weighted by atomic mass is 79.9. The first-order valence-electron chi connectivity index (χ1n) is 6.40. The molecule has 3 heterocycles. The molecule has 1 atom stereocenters. The molecule has 6 nitrogen and oxygen atoms in total. The molecular weight excluding hydrogens is 308 g/mol. The van der Waals surface area contributed by atoms with Gasteiger partial charge in [-0.2, -0.15) is 0 Å². The van der Waals surface area contributed by atoms with Crippen LogP contribution in [0.4, 0.5) is 5.95 Å². The number of hydrogen-bond donors (Lipinski definition) is 1. The normalized spacial score (nSPS) is 15.9. The molecule has 2 aromatic rings. The van der Waals surface area contributed by atoms with Crippen molar-refractivity contribution in [2.45, 2.75) is 38.8 Å². The maximum Gasteiger partial charge on any atom is 0.223 e. The van der Waals surface area contributed by atoms with E-state index in [1.54, 1.807) is 12.4 Å². The Morgan fingerprint density at radius 1 is 1.26 bits per heavy atom. The van der Waals surface area contributed by atoms with Crippen LogP contribution >= 0.6 is 15.9 Å². The van der Waals surface area contributed by atoms with Crippen molar-refractivity contribution >= 4 is 21.9 Å². The first-order chi connectivity index (χ1) is 9.24. The zero-order valence-corrected chi connectivity index (χ0v) is 12.3. The number of anilines is 1.